The minimum atomic E-state index is -0.0561. The van der Waals surface area contributed by atoms with Gasteiger partial charge in [0.25, 0.3) is 0 Å². The van der Waals surface area contributed by atoms with Crippen molar-refractivity contribution in [2.24, 2.45) is 0 Å². The van der Waals surface area contributed by atoms with Gasteiger partial charge in [-0.15, -0.1) is 0 Å². The third-order valence-electron chi connectivity index (χ3n) is 4.47. The molecule has 1 aliphatic heterocycles. The number of nitrogens with zero attached hydrogens (tertiary/aromatic N) is 3. The molecule has 0 atom stereocenters. The second kappa shape index (κ2) is 6.98. The van der Waals surface area contributed by atoms with Crippen molar-refractivity contribution in [3.05, 3.63) is 69.2 Å². The zero-order chi connectivity index (χ0) is 17.2. The first-order valence-electron chi connectivity index (χ1n) is 8.32. The molecule has 5 nitrogen and oxygen atoms in total. The molecule has 0 unspecified atom stereocenters. The SMILES string of the molecule is O=c1n(CCC2=CCOCC2)c2cc(Br)cnc2n1-c1ccccc1. The van der Waals surface area contributed by atoms with Crippen molar-refractivity contribution in [3.8, 4) is 5.69 Å². The first-order chi connectivity index (χ1) is 12.2. The molecule has 6 heteroatoms. The van der Waals surface area contributed by atoms with E-state index in [-0.39, 0.29) is 5.69 Å². The summed E-state index contributed by atoms with van der Waals surface area (Å²) in [5.74, 6) is 0. The highest BCUT2D eigenvalue weighted by Crippen LogP contribution is 2.21. The van der Waals surface area contributed by atoms with Crippen LogP contribution in [0.4, 0.5) is 0 Å². The number of benzene rings is 1. The van der Waals surface area contributed by atoms with E-state index < -0.39 is 0 Å². The summed E-state index contributed by atoms with van der Waals surface area (Å²) in [7, 11) is 0. The molecular weight excluding hydrogens is 382 g/mol. The van der Waals surface area contributed by atoms with Gasteiger partial charge in [0, 0.05) is 17.2 Å². The van der Waals surface area contributed by atoms with Gasteiger partial charge >= 0.3 is 5.69 Å². The van der Waals surface area contributed by atoms with Gasteiger partial charge in [-0.05, 0) is 47.0 Å². The summed E-state index contributed by atoms with van der Waals surface area (Å²) >= 11 is 3.47. The maximum absolute atomic E-state index is 13.1. The number of imidazole rings is 1. The van der Waals surface area contributed by atoms with Crippen LogP contribution in [0.15, 0.2) is 63.5 Å². The monoisotopic (exact) mass is 399 g/mol. The summed E-state index contributed by atoms with van der Waals surface area (Å²) < 4.78 is 9.72. The van der Waals surface area contributed by atoms with Crippen LogP contribution >= 0.6 is 15.9 Å². The van der Waals surface area contributed by atoms with Gasteiger partial charge in [-0.25, -0.2) is 14.3 Å². The first-order valence-corrected chi connectivity index (χ1v) is 9.11. The molecular formula is C19H18BrN3O2. The number of pyridine rings is 1. The van der Waals surface area contributed by atoms with Crippen LogP contribution in [-0.4, -0.2) is 27.3 Å². The lowest BCUT2D eigenvalue weighted by Gasteiger charge is -2.13. The van der Waals surface area contributed by atoms with Gasteiger partial charge in [0.05, 0.1) is 24.4 Å². The highest BCUT2D eigenvalue weighted by atomic mass is 79.9. The van der Waals surface area contributed by atoms with Crippen molar-refractivity contribution in [1.29, 1.82) is 0 Å². The molecule has 128 valence electrons. The van der Waals surface area contributed by atoms with E-state index in [0.29, 0.717) is 18.8 Å². The molecule has 0 bridgehead atoms. The van der Waals surface area contributed by atoms with E-state index in [4.69, 9.17) is 4.74 Å². The van der Waals surface area contributed by atoms with Gasteiger partial charge in [0.15, 0.2) is 5.65 Å². The Labute approximate surface area is 153 Å². The average molecular weight is 400 g/mol. The lowest BCUT2D eigenvalue weighted by molar-refractivity contribution is 0.153. The lowest BCUT2D eigenvalue weighted by atomic mass is 10.1. The Morgan fingerprint density at radius 2 is 2.08 bits per heavy atom. The third kappa shape index (κ3) is 3.19. The van der Waals surface area contributed by atoms with E-state index in [1.54, 1.807) is 10.8 Å². The minimum absolute atomic E-state index is 0.0561. The zero-order valence-corrected chi connectivity index (χ0v) is 15.3. The molecule has 0 amide bonds. The molecule has 1 aromatic carbocycles. The molecule has 3 heterocycles. The fraction of sp³-hybridized carbons (Fsp3) is 0.263. The lowest BCUT2D eigenvalue weighted by Crippen LogP contribution is -2.23. The molecule has 0 radical (unpaired) electrons. The van der Waals surface area contributed by atoms with Gasteiger partial charge in [0.1, 0.15) is 0 Å². The molecule has 0 aliphatic carbocycles. The predicted molar refractivity (Wildman–Crippen MR) is 101 cm³/mol. The quantitative estimate of drug-likeness (QED) is 0.628. The predicted octanol–water partition coefficient (Wildman–Crippen LogP) is 3.69. The van der Waals surface area contributed by atoms with Crippen LogP contribution in [0.25, 0.3) is 16.9 Å². The molecule has 3 aromatic rings. The van der Waals surface area contributed by atoms with Crippen LogP contribution in [0.5, 0.6) is 0 Å². The number of aromatic nitrogens is 3. The van der Waals surface area contributed by atoms with Crippen molar-refractivity contribution in [2.75, 3.05) is 13.2 Å². The summed E-state index contributed by atoms with van der Waals surface area (Å²) in [4.78, 5) is 17.6. The average Bonchev–Trinajstić information content (AvgIpc) is 2.92. The van der Waals surface area contributed by atoms with Crippen LogP contribution < -0.4 is 5.69 Å². The summed E-state index contributed by atoms with van der Waals surface area (Å²) in [6, 6.07) is 11.6. The molecule has 2 aromatic heterocycles. The molecule has 0 spiro atoms. The van der Waals surface area contributed by atoms with E-state index in [0.717, 1.165) is 35.1 Å². The topological polar surface area (TPSA) is 49.1 Å². The highest BCUT2D eigenvalue weighted by molar-refractivity contribution is 9.10. The first kappa shape index (κ1) is 16.3. The zero-order valence-electron chi connectivity index (χ0n) is 13.7. The second-order valence-electron chi connectivity index (χ2n) is 6.04. The maximum Gasteiger partial charge on any atom is 0.334 e. The number of aryl methyl sites for hydroxylation is 1. The molecule has 25 heavy (non-hydrogen) atoms. The summed E-state index contributed by atoms with van der Waals surface area (Å²) in [6.07, 6.45) is 5.64. The Hall–Kier alpha value is -2.18. The highest BCUT2D eigenvalue weighted by Gasteiger charge is 2.16. The van der Waals surface area contributed by atoms with E-state index in [9.17, 15) is 4.79 Å². The third-order valence-corrected chi connectivity index (χ3v) is 4.90. The van der Waals surface area contributed by atoms with Gasteiger partial charge in [-0.3, -0.25) is 4.57 Å². The van der Waals surface area contributed by atoms with Crippen LogP contribution in [0.3, 0.4) is 0 Å². The van der Waals surface area contributed by atoms with Crippen LogP contribution in [-0.2, 0) is 11.3 Å². The number of fused-ring (bicyclic) bond motifs is 1. The van der Waals surface area contributed by atoms with Crippen LogP contribution in [0.2, 0.25) is 0 Å². The molecule has 0 fully saturated rings. The van der Waals surface area contributed by atoms with Gasteiger partial charge in [-0.2, -0.15) is 0 Å². The minimum Gasteiger partial charge on any atom is -0.377 e. The van der Waals surface area contributed by atoms with Crippen molar-refractivity contribution in [3.63, 3.8) is 0 Å². The van der Waals surface area contributed by atoms with Crippen LogP contribution in [0.1, 0.15) is 12.8 Å². The fourth-order valence-corrected chi connectivity index (χ4v) is 3.50. The Bertz CT molecular complexity index is 989. The molecule has 0 saturated heterocycles. The molecule has 1 aliphatic rings. The Balaban J connectivity index is 1.80. The van der Waals surface area contributed by atoms with Crippen LogP contribution in [0, 0.1) is 0 Å². The number of ether oxygens (including phenoxy) is 1. The molecule has 0 N–H and O–H groups in total. The van der Waals surface area contributed by atoms with E-state index in [1.165, 1.54) is 5.57 Å². The number of hydrogen-bond acceptors (Lipinski definition) is 3. The summed E-state index contributed by atoms with van der Waals surface area (Å²) in [5.41, 5.74) is 3.65. The number of hydrogen-bond donors (Lipinski definition) is 0. The second-order valence-corrected chi connectivity index (χ2v) is 6.95. The van der Waals surface area contributed by atoms with E-state index >= 15 is 0 Å². The van der Waals surface area contributed by atoms with Crippen molar-refractivity contribution >= 4 is 27.1 Å². The van der Waals surface area contributed by atoms with Gasteiger partial charge in [-0.1, -0.05) is 29.8 Å². The van der Waals surface area contributed by atoms with Gasteiger partial charge in [0.2, 0.25) is 0 Å². The van der Waals surface area contributed by atoms with Crippen molar-refractivity contribution in [2.45, 2.75) is 19.4 Å². The summed E-state index contributed by atoms with van der Waals surface area (Å²) in [6.45, 7) is 2.07. The maximum atomic E-state index is 13.1. The number of para-hydroxylation sites is 1. The molecule has 0 saturated carbocycles. The largest absolute Gasteiger partial charge is 0.377 e. The Morgan fingerprint density at radius 3 is 2.84 bits per heavy atom. The van der Waals surface area contributed by atoms with Crippen molar-refractivity contribution < 1.29 is 4.74 Å². The smallest absolute Gasteiger partial charge is 0.334 e. The Kier molecular flexibility index (Phi) is 4.55. The summed E-state index contributed by atoms with van der Waals surface area (Å²) in [5, 5.41) is 0. The van der Waals surface area contributed by atoms with Crippen molar-refractivity contribution in [1.82, 2.24) is 14.1 Å². The van der Waals surface area contributed by atoms with E-state index in [2.05, 4.69) is 27.0 Å². The molecule has 4 rings (SSSR count). The number of halogens is 1. The fourth-order valence-electron chi connectivity index (χ4n) is 3.18. The Morgan fingerprint density at radius 1 is 1.24 bits per heavy atom. The standard InChI is InChI=1S/C19H18BrN3O2/c20-15-12-17-18(21-13-15)23(16-4-2-1-3-5-16)19(24)22(17)9-6-14-7-10-25-11-8-14/h1-5,7,12-13H,6,8-11H2. The normalized spacial score (nSPS) is 14.7. The van der Waals surface area contributed by atoms with E-state index in [1.807, 2.05) is 41.0 Å². The number of rotatable bonds is 4. The van der Waals surface area contributed by atoms with Gasteiger partial charge < -0.3 is 4.74 Å².